The van der Waals surface area contributed by atoms with E-state index in [1.54, 1.807) is 12.1 Å². The Morgan fingerprint density at radius 2 is 2.35 bits per heavy atom. The van der Waals surface area contributed by atoms with Crippen LogP contribution in [0.2, 0.25) is 0 Å². The molecule has 17 heavy (non-hydrogen) atoms. The lowest BCUT2D eigenvalue weighted by atomic mass is 10.3. The molecule has 0 aliphatic carbocycles. The molecule has 0 spiro atoms. The molecule has 0 unspecified atom stereocenters. The van der Waals surface area contributed by atoms with Crippen LogP contribution < -0.4 is 23.0 Å². The fraction of sp³-hybridized carbons (Fsp3) is 0.364. The molecule has 6 heteroatoms. The molecule has 2 rings (SSSR count). The lowest BCUT2D eigenvalue weighted by molar-refractivity contribution is -0.528. The Hall–Kier alpha value is -0.780. The first-order valence-corrected chi connectivity index (χ1v) is 6.46. The summed E-state index contributed by atoms with van der Waals surface area (Å²) >= 11 is 1.54. The third-order valence-corrected chi connectivity index (χ3v) is 3.23. The number of amidine groups is 1. The van der Waals surface area contributed by atoms with Gasteiger partial charge in [0, 0.05) is 10.6 Å². The van der Waals surface area contributed by atoms with E-state index in [2.05, 4.69) is 15.6 Å². The minimum absolute atomic E-state index is 0. The molecule has 3 N–H and O–H groups in total. The number of rotatable bonds is 4. The van der Waals surface area contributed by atoms with E-state index in [1.807, 2.05) is 6.26 Å². The van der Waals surface area contributed by atoms with Crippen LogP contribution in [-0.4, -0.2) is 31.7 Å². The number of nitrogens with two attached hydrogens (primary N) is 1. The summed E-state index contributed by atoms with van der Waals surface area (Å²) in [5.41, 5.74) is 0.969. The first-order valence-electron chi connectivity index (χ1n) is 5.23. The van der Waals surface area contributed by atoms with Crippen LogP contribution >= 0.6 is 11.8 Å². The van der Waals surface area contributed by atoms with Gasteiger partial charge in [-0.05, 0) is 24.5 Å². The summed E-state index contributed by atoms with van der Waals surface area (Å²) in [7, 11) is 0. The smallest absolute Gasteiger partial charge is 0.214 e. The van der Waals surface area contributed by atoms with E-state index in [-0.39, 0.29) is 18.2 Å². The van der Waals surface area contributed by atoms with Crippen molar-refractivity contribution in [3.63, 3.8) is 0 Å². The maximum atomic E-state index is 13.0. The number of benzene rings is 1. The standard InChI is InChI=1S/C11H14FN3S.ClH/c1-16-10-6-8(12)2-3-9(10)15-7-11-13-4-5-14-11;/h2-3,6,15H,4-5,7H2,1H3,(H,13,14);1H. The van der Waals surface area contributed by atoms with Gasteiger partial charge in [0.05, 0.1) is 6.54 Å². The number of anilines is 1. The Balaban J connectivity index is 0.00000144. The van der Waals surface area contributed by atoms with Gasteiger partial charge < -0.3 is 17.7 Å². The molecule has 0 saturated heterocycles. The van der Waals surface area contributed by atoms with E-state index in [9.17, 15) is 4.39 Å². The molecule has 1 aliphatic heterocycles. The predicted molar refractivity (Wildman–Crippen MR) is 65.8 cm³/mol. The van der Waals surface area contributed by atoms with E-state index in [1.165, 1.54) is 17.8 Å². The van der Waals surface area contributed by atoms with Crippen molar-refractivity contribution in [2.24, 2.45) is 4.99 Å². The zero-order chi connectivity index (χ0) is 11.4. The second-order valence-electron chi connectivity index (χ2n) is 3.56. The zero-order valence-electron chi connectivity index (χ0n) is 9.54. The molecule has 1 aromatic carbocycles. The highest BCUT2D eigenvalue weighted by Crippen LogP contribution is 2.25. The van der Waals surface area contributed by atoms with Crippen molar-refractivity contribution in [3.05, 3.63) is 24.0 Å². The summed E-state index contributed by atoms with van der Waals surface area (Å²) in [6.45, 7) is 2.66. The van der Waals surface area contributed by atoms with E-state index < -0.39 is 0 Å². The summed E-state index contributed by atoms with van der Waals surface area (Å²) in [5, 5.41) is 5.42. The Morgan fingerprint density at radius 3 is 3.00 bits per heavy atom. The maximum Gasteiger partial charge on any atom is 0.214 e. The van der Waals surface area contributed by atoms with Crippen LogP contribution in [0, 0.1) is 5.82 Å². The first kappa shape index (κ1) is 14.3. The van der Waals surface area contributed by atoms with Gasteiger partial charge in [0.15, 0.2) is 0 Å². The fourth-order valence-electron chi connectivity index (χ4n) is 1.63. The van der Waals surface area contributed by atoms with E-state index >= 15 is 0 Å². The number of nitrogens with zero attached hydrogens (tertiary/aromatic N) is 1. The number of thioether (sulfide) groups is 1. The number of nitrogens with one attached hydrogen (secondary N) is 1. The van der Waals surface area contributed by atoms with Crippen LogP contribution in [0.4, 0.5) is 10.1 Å². The number of aliphatic imine (C=N–C) groups is 1. The van der Waals surface area contributed by atoms with Gasteiger partial charge in [0.1, 0.15) is 18.9 Å². The molecular weight excluding hydrogens is 261 g/mol. The highest BCUT2D eigenvalue weighted by Gasteiger charge is 2.10. The van der Waals surface area contributed by atoms with Crippen molar-refractivity contribution >= 4 is 23.3 Å². The van der Waals surface area contributed by atoms with E-state index in [0.29, 0.717) is 0 Å². The van der Waals surface area contributed by atoms with Gasteiger partial charge in [-0.25, -0.2) is 9.38 Å². The number of hydrogen-bond donors (Lipinski definition) is 2. The molecule has 0 amide bonds. The Kier molecular flexibility index (Phi) is 5.74. The summed E-state index contributed by atoms with van der Waals surface area (Å²) in [6, 6.07) is 4.80. The highest BCUT2D eigenvalue weighted by molar-refractivity contribution is 7.98. The Morgan fingerprint density at radius 1 is 1.53 bits per heavy atom. The summed E-state index contributed by atoms with van der Waals surface area (Å²) in [6.07, 6.45) is 1.94. The summed E-state index contributed by atoms with van der Waals surface area (Å²) in [5.74, 6) is 0.899. The van der Waals surface area contributed by atoms with Crippen LogP contribution in [0.25, 0.3) is 0 Å². The summed E-state index contributed by atoms with van der Waals surface area (Å²) < 4.78 is 13.0. The molecule has 3 nitrogen and oxygen atoms in total. The van der Waals surface area contributed by atoms with Crippen LogP contribution in [0.3, 0.4) is 0 Å². The molecule has 94 valence electrons. The normalized spacial score (nSPS) is 14.1. The highest BCUT2D eigenvalue weighted by atomic mass is 35.5. The molecule has 1 aromatic rings. The van der Waals surface area contributed by atoms with Gasteiger partial charge in [-0.3, -0.25) is 5.32 Å². The molecule has 0 radical (unpaired) electrons. The van der Waals surface area contributed by atoms with Crippen molar-refractivity contribution in [1.82, 2.24) is 0 Å². The zero-order valence-corrected chi connectivity index (χ0v) is 11.1. The van der Waals surface area contributed by atoms with Gasteiger partial charge in [0.25, 0.3) is 0 Å². The average molecular weight is 276 g/mol. The van der Waals surface area contributed by atoms with Gasteiger partial charge in [-0.15, -0.1) is 11.8 Å². The maximum absolute atomic E-state index is 13.0. The molecule has 1 aliphatic rings. The lowest BCUT2D eigenvalue weighted by Gasteiger charge is -2.09. The Bertz CT molecular complexity index is 412. The molecule has 0 atom stereocenters. The van der Waals surface area contributed by atoms with Crippen molar-refractivity contribution < 1.29 is 22.1 Å². The number of hydrogen-bond acceptors (Lipinski definition) is 3. The lowest BCUT2D eigenvalue weighted by Crippen LogP contribution is -3.00. The first-order chi connectivity index (χ1) is 7.79. The molecule has 0 saturated carbocycles. The summed E-state index contributed by atoms with van der Waals surface area (Å²) in [4.78, 5) is 5.27. The number of halogens is 2. The van der Waals surface area contributed by atoms with Crippen molar-refractivity contribution in [2.75, 3.05) is 31.2 Å². The largest absolute Gasteiger partial charge is 1.00 e. The van der Waals surface area contributed by atoms with E-state index in [4.69, 9.17) is 0 Å². The van der Waals surface area contributed by atoms with Gasteiger partial charge in [0.2, 0.25) is 5.84 Å². The van der Waals surface area contributed by atoms with Crippen LogP contribution in [0.15, 0.2) is 28.1 Å². The number of quaternary nitrogens is 1. The van der Waals surface area contributed by atoms with Gasteiger partial charge >= 0.3 is 0 Å². The molecular formula is C11H15ClFN3S. The topological polar surface area (TPSA) is 41.0 Å². The minimum Gasteiger partial charge on any atom is -1.00 e. The quantitative estimate of drug-likeness (QED) is 0.621. The Labute approximate surface area is 111 Å². The fourth-order valence-corrected chi connectivity index (χ4v) is 2.22. The van der Waals surface area contributed by atoms with Crippen molar-refractivity contribution in [1.29, 1.82) is 0 Å². The minimum atomic E-state index is -0.195. The van der Waals surface area contributed by atoms with E-state index in [0.717, 1.165) is 36.1 Å². The molecule has 1 heterocycles. The van der Waals surface area contributed by atoms with Crippen molar-refractivity contribution in [3.8, 4) is 0 Å². The molecule has 0 bridgehead atoms. The molecule has 0 fully saturated rings. The monoisotopic (exact) mass is 275 g/mol. The van der Waals surface area contributed by atoms with Crippen molar-refractivity contribution in [2.45, 2.75) is 4.90 Å². The third-order valence-electron chi connectivity index (χ3n) is 2.45. The van der Waals surface area contributed by atoms with Crippen LogP contribution in [-0.2, 0) is 0 Å². The predicted octanol–water partition coefficient (Wildman–Crippen LogP) is -2.06. The van der Waals surface area contributed by atoms with Gasteiger partial charge in [-0.1, -0.05) is 0 Å². The second kappa shape index (κ2) is 6.83. The SMILES string of the molecule is CSc1cc(F)ccc1NCC1=NCC[NH2+]1.[Cl-]. The third kappa shape index (κ3) is 3.87. The average Bonchev–Trinajstić information content (AvgIpc) is 2.80. The van der Waals surface area contributed by atoms with Gasteiger partial charge in [-0.2, -0.15) is 0 Å². The van der Waals surface area contributed by atoms with Crippen LogP contribution in [0.5, 0.6) is 0 Å². The van der Waals surface area contributed by atoms with Crippen LogP contribution in [0.1, 0.15) is 0 Å². The second-order valence-corrected chi connectivity index (χ2v) is 4.41. The molecule has 0 aromatic heterocycles.